The molecule has 10 heteroatoms. The molecule has 3 N–H and O–H groups in total. The van der Waals surface area contributed by atoms with Gasteiger partial charge in [-0.2, -0.15) is 22.6 Å². The molecular weight excluding hydrogens is 309 g/mol. The fraction of sp³-hybridized carbons (Fsp3) is 0.727. The van der Waals surface area contributed by atoms with Gasteiger partial charge in [-0.3, -0.25) is 5.10 Å². The SMILES string of the molecule is Cc1[nH]nc(S(=O)(=O)N2CCC(C(F)(F)F)CC2)c1CN. The second-order valence-corrected chi connectivity index (χ2v) is 6.91. The van der Waals surface area contributed by atoms with Crippen LogP contribution < -0.4 is 5.73 Å². The molecule has 1 fully saturated rings. The summed E-state index contributed by atoms with van der Waals surface area (Å²) in [5.41, 5.74) is 6.42. The number of aromatic amines is 1. The molecule has 0 aliphatic carbocycles. The van der Waals surface area contributed by atoms with Crippen molar-refractivity contribution < 1.29 is 21.6 Å². The quantitative estimate of drug-likeness (QED) is 0.871. The molecule has 0 amide bonds. The van der Waals surface area contributed by atoms with Crippen molar-refractivity contribution in [3.05, 3.63) is 11.3 Å². The van der Waals surface area contributed by atoms with Gasteiger partial charge in [0.05, 0.1) is 5.92 Å². The van der Waals surface area contributed by atoms with Crippen molar-refractivity contribution in [2.24, 2.45) is 11.7 Å². The van der Waals surface area contributed by atoms with E-state index in [0.29, 0.717) is 11.3 Å². The molecule has 6 nitrogen and oxygen atoms in total. The van der Waals surface area contributed by atoms with Crippen LogP contribution >= 0.6 is 0 Å². The van der Waals surface area contributed by atoms with Crippen molar-refractivity contribution in [3.63, 3.8) is 0 Å². The number of alkyl halides is 3. The minimum atomic E-state index is -4.28. The maximum absolute atomic E-state index is 12.6. The highest BCUT2D eigenvalue weighted by Gasteiger charge is 2.43. The zero-order valence-corrected chi connectivity index (χ0v) is 12.3. The Kier molecular flexibility index (Phi) is 4.31. The predicted molar refractivity (Wildman–Crippen MR) is 68.8 cm³/mol. The predicted octanol–water partition coefficient (Wildman–Crippen LogP) is 1.14. The zero-order chi connectivity index (χ0) is 15.8. The highest BCUT2D eigenvalue weighted by atomic mass is 32.2. The number of nitrogens with one attached hydrogen (secondary N) is 1. The summed E-state index contributed by atoms with van der Waals surface area (Å²) in [5.74, 6) is -1.45. The molecular formula is C11H17F3N4O2S. The van der Waals surface area contributed by atoms with Crippen molar-refractivity contribution in [1.29, 1.82) is 0 Å². The van der Waals surface area contributed by atoms with Crippen LogP contribution in [0.5, 0.6) is 0 Å². The van der Waals surface area contributed by atoms with Crippen LogP contribution in [-0.2, 0) is 16.6 Å². The van der Waals surface area contributed by atoms with E-state index < -0.39 is 22.1 Å². The van der Waals surface area contributed by atoms with Crippen LogP contribution in [0.2, 0.25) is 0 Å². The van der Waals surface area contributed by atoms with Gasteiger partial charge in [-0.25, -0.2) is 8.42 Å². The summed E-state index contributed by atoms with van der Waals surface area (Å²) in [6.45, 7) is 1.31. The largest absolute Gasteiger partial charge is 0.391 e. The Morgan fingerprint density at radius 1 is 1.38 bits per heavy atom. The van der Waals surface area contributed by atoms with Crippen LogP contribution in [0.4, 0.5) is 13.2 Å². The van der Waals surface area contributed by atoms with Gasteiger partial charge in [-0.15, -0.1) is 0 Å². The van der Waals surface area contributed by atoms with E-state index in [0.717, 1.165) is 4.31 Å². The lowest BCUT2D eigenvalue weighted by Gasteiger charge is -2.31. The molecule has 0 radical (unpaired) electrons. The molecule has 0 spiro atoms. The van der Waals surface area contributed by atoms with Crippen molar-refractivity contribution in [2.75, 3.05) is 13.1 Å². The second-order valence-electron chi connectivity index (χ2n) is 5.06. The molecule has 1 aliphatic heterocycles. The van der Waals surface area contributed by atoms with Crippen molar-refractivity contribution in [2.45, 2.75) is 37.5 Å². The van der Waals surface area contributed by atoms with Crippen molar-refractivity contribution in [3.8, 4) is 0 Å². The monoisotopic (exact) mass is 326 g/mol. The van der Waals surface area contributed by atoms with E-state index in [1.165, 1.54) is 0 Å². The highest BCUT2D eigenvalue weighted by Crippen LogP contribution is 2.35. The smallest absolute Gasteiger partial charge is 0.326 e. The summed E-state index contributed by atoms with van der Waals surface area (Å²) in [4.78, 5) is 0. The molecule has 21 heavy (non-hydrogen) atoms. The number of nitrogens with zero attached hydrogens (tertiary/aromatic N) is 2. The van der Waals surface area contributed by atoms with Gasteiger partial charge >= 0.3 is 6.18 Å². The Hall–Kier alpha value is -1.13. The first-order valence-electron chi connectivity index (χ1n) is 6.48. The number of halogens is 3. The van der Waals surface area contributed by atoms with Crippen LogP contribution in [0, 0.1) is 12.8 Å². The lowest BCUT2D eigenvalue weighted by atomic mass is 9.98. The van der Waals surface area contributed by atoms with E-state index in [2.05, 4.69) is 10.2 Å². The third kappa shape index (κ3) is 3.06. The number of H-pyrrole nitrogens is 1. The number of hydrogen-bond acceptors (Lipinski definition) is 4. The molecule has 2 heterocycles. The number of nitrogens with two attached hydrogens (primary N) is 1. The Labute approximate surface area is 120 Å². The average molecular weight is 326 g/mol. The normalized spacial score (nSPS) is 19.1. The minimum Gasteiger partial charge on any atom is -0.326 e. The van der Waals surface area contributed by atoms with Crippen LogP contribution in [-0.4, -0.2) is 42.2 Å². The summed E-state index contributed by atoms with van der Waals surface area (Å²) < 4.78 is 63.8. The molecule has 0 atom stereocenters. The highest BCUT2D eigenvalue weighted by molar-refractivity contribution is 7.89. The van der Waals surface area contributed by atoms with Gasteiger partial charge < -0.3 is 5.73 Å². The molecule has 0 bridgehead atoms. The maximum Gasteiger partial charge on any atom is 0.391 e. The van der Waals surface area contributed by atoms with Crippen LogP contribution in [0.1, 0.15) is 24.1 Å². The first kappa shape index (κ1) is 16.2. The second kappa shape index (κ2) is 5.58. The van der Waals surface area contributed by atoms with Gasteiger partial charge in [-0.05, 0) is 19.8 Å². The molecule has 120 valence electrons. The summed E-state index contributed by atoms with van der Waals surface area (Å²) in [6.07, 6.45) is -4.74. The van der Waals surface area contributed by atoms with E-state index >= 15 is 0 Å². The molecule has 0 saturated carbocycles. The van der Waals surface area contributed by atoms with Gasteiger partial charge in [0.25, 0.3) is 10.0 Å². The van der Waals surface area contributed by atoms with Crippen LogP contribution in [0.25, 0.3) is 0 Å². The molecule has 1 aliphatic rings. The Morgan fingerprint density at radius 3 is 2.43 bits per heavy atom. The first-order valence-corrected chi connectivity index (χ1v) is 7.92. The standard InChI is InChI=1S/C11H17F3N4O2S/c1-7-9(6-15)10(17-16-7)21(19,20)18-4-2-8(3-5-18)11(12,13)14/h8H,2-6,15H2,1H3,(H,16,17). The summed E-state index contributed by atoms with van der Waals surface area (Å²) in [5, 5.41) is 6.11. The van der Waals surface area contributed by atoms with Crippen LogP contribution in [0.15, 0.2) is 5.03 Å². The fourth-order valence-corrected chi connectivity index (χ4v) is 4.07. The summed E-state index contributed by atoms with van der Waals surface area (Å²) in [7, 11) is -3.91. The van der Waals surface area contributed by atoms with Crippen molar-refractivity contribution >= 4 is 10.0 Å². The topological polar surface area (TPSA) is 92.1 Å². The Bertz CT molecular complexity index is 603. The fourth-order valence-electron chi connectivity index (χ4n) is 2.43. The third-order valence-electron chi connectivity index (χ3n) is 3.74. The minimum absolute atomic E-state index is 0.00405. The van der Waals surface area contributed by atoms with Crippen molar-refractivity contribution in [1.82, 2.24) is 14.5 Å². The number of sulfonamides is 1. The zero-order valence-electron chi connectivity index (χ0n) is 11.4. The van der Waals surface area contributed by atoms with E-state index in [1.54, 1.807) is 6.92 Å². The molecule has 2 rings (SSSR count). The number of hydrogen-bond donors (Lipinski definition) is 2. The number of aromatic nitrogens is 2. The third-order valence-corrected chi connectivity index (χ3v) is 5.61. The Balaban J connectivity index is 2.19. The van der Waals surface area contributed by atoms with Gasteiger partial charge in [0.15, 0.2) is 5.03 Å². The average Bonchev–Trinajstić information content (AvgIpc) is 2.79. The number of rotatable bonds is 3. The first-order chi connectivity index (χ1) is 9.67. The Morgan fingerprint density at radius 2 is 1.95 bits per heavy atom. The van der Waals surface area contributed by atoms with E-state index in [-0.39, 0.29) is 37.5 Å². The van der Waals surface area contributed by atoms with E-state index in [4.69, 9.17) is 5.73 Å². The molecule has 1 aromatic heterocycles. The van der Waals surface area contributed by atoms with Gasteiger partial charge in [0.2, 0.25) is 0 Å². The van der Waals surface area contributed by atoms with Crippen LogP contribution in [0.3, 0.4) is 0 Å². The summed E-state index contributed by atoms with van der Waals surface area (Å²) in [6, 6.07) is 0. The number of aryl methyl sites for hydroxylation is 1. The molecule has 1 aromatic rings. The maximum atomic E-state index is 12.6. The lowest BCUT2D eigenvalue weighted by molar-refractivity contribution is -0.182. The van der Waals surface area contributed by atoms with Gasteiger partial charge in [-0.1, -0.05) is 0 Å². The van der Waals surface area contributed by atoms with Gasteiger partial charge in [0, 0.05) is 30.9 Å². The molecule has 1 saturated heterocycles. The summed E-state index contributed by atoms with van der Waals surface area (Å²) >= 11 is 0. The van der Waals surface area contributed by atoms with Gasteiger partial charge in [0.1, 0.15) is 0 Å². The molecule has 0 aromatic carbocycles. The molecule has 0 unspecified atom stereocenters. The lowest BCUT2D eigenvalue weighted by Crippen LogP contribution is -2.42. The number of piperidine rings is 1. The van der Waals surface area contributed by atoms with E-state index in [1.807, 2.05) is 0 Å². The van der Waals surface area contributed by atoms with E-state index in [9.17, 15) is 21.6 Å².